The molecular weight excluding hydrogens is 326 g/mol. The lowest BCUT2D eigenvalue weighted by atomic mass is 9.81. The van der Waals surface area contributed by atoms with Crippen LogP contribution in [0.3, 0.4) is 0 Å². The van der Waals surface area contributed by atoms with Gasteiger partial charge >= 0.3 is 6.03 Å². The number of rotatable bonds is 3. The number of benzene rings is 1. The van der Waals surface area contributed by atoms with Crippen LogP contribution in [-0.2, 0) is 6.42 Å². The van der Waals surface area contributed by atoms with Crippen molar-refractivity contribution in [2.75, 3.05) is 12.4 Å². The molecule has 0 bridgehead atoms. The van der Waals surface area contributed by atoms with Gasteiger partial charge in [0, 0.05) is 4.88 Å². The average molecular weight is 345 g/mol. The lowest BCUT2D eigenvalue weighted by molar-refractivity contribution is 0.1000. The number of aryl methyl sites for hydroxylation is 1. The zero-order valence-corrected chi connectivity index (χ0v) is 14.5. The Kier molecular flexibility index (Phi) is 3.96. The van der Waals surface area contributed by atoms with Gasteiger partial charge in [0.15, 0.2) is 0 Å². The molecule has 1 aliphatic carbocycles. The lowest BCUT2D eigenvalue weighted by Gasteiger charge is -2.24. The molecule has 1 unspecified atom stereocenters. The van der Waals surface area contributed by atoms with Gasteiger partial charge in [-0.15, -0.1) is 11.3 Å². The number of hydrogen-bond donors (Lipinski definition) is 3. The minimum absolute atomic E-state index is 0.113. The molecule has 24 heavy (non-hydrogen) atoms. The summed E-state index contributed by atoms with van der Waals surface area (Å²) in [6.07, 6.45) is 0.792. The maximum Gasteiger partial charge on any atom is 0.317 e. The fourth-order valence-corrected chi connectivity index (χ4v) is 4.72. The smallest absolute Gasteiger partial charge is 0.317 e. The first kappa shape index (κ1) is 16.3. The summed E-state index contributed by atoms with van der Waals surface area (Å²) in [5.41, 5.74) is 15.3. The van der Waals surface area contributed by atoms with Gasteiger partial charge in [-0.1, -0.05) is 13.0 Å². The van der Waals surface area contributed by atoms with Gasteiger partial charge in [-0.05, 0) is 47.6 Å². The number of nitrogens with one attached hydrogen (secondary N) is 1. The highest BCUT2D eigenvalue weighted by atomic mass is 32.1. The molecule has 3 amide bonds. The molecule has 6 nitrogen and oxygen atoms in total. The molecule has 1 atom stereocenters. The van der Waals surface area contributed by atoms with Crippen LogP contribution in [0.25, 0.3) is 10.4 Å². The molecule has 1 aromatic heterocycles. The number of methoxy groups -OCH3 is 1. The zero-order chi connectivity index (χ0) is 17.6. The Morgan fingerprint density at radius 1 is 1.33 bits per heavy atom. The maximum atomic E-state index is 12.0. The Bertz CT molecular complexity index is 857. The molecule has 0 saturated heterocycles. The molecule has 0 spiro atoms. The quantitative estimate of drug-likeness (QED) is 0.796. The first-order valence-electron chi connectivity index (χ1n) is 7.54. The molecular formula is C17H19N3O3S. The van der Waals surface area contributed by atoms with Gasteiger partial charge in [0.25, 0.3) is 5.91 Å². The van der Waals surface area contributed by atoms with E-state index in [1.807, 2.05) is 13.0 Å². The summed E-state index contributed by atoms with van der Waals surface area (Å²) in [6, 6.07) is 3.37. The number of thiophene rings is 1. The van der Waals surface area contributed by atoms with Crippen LogP contribution in [0.1, 0.15) is 39.9 Å². The molecule has 3 rings (SSSR count). The van der Waals surface area contributed by atoms with Gasteiger partial charge in [0.1, 0.15) is 10.8 Å². The van der Waals surface area contributed by atoms with Gasteiger partial charge in [-0.2, -0.15) is 0 Å². The Hall–Kier alpha value is -2.54. The van der Waals surface area contributed by atoms with E-state index in [2.05, 4.69) is 18.3 Å². The van der Waals surface area contributed by atoms with Crippen LogP contribution in [0.15, 0.2) is 12.1 Å². The van der Waals surface area contributed by atoms with E-state index in [4.69, 9.17) is 16.2 Å². The predicted octanol–water partition coefficient (Wildman–Crippen LogP) is 2.98. The van der Waals surface area contributed by atoms with Crippen LogP contribution < -0.4 is 21.5 Å². The van der Waals surface area contributed by atoms with E-state index < -0.39 is 11.9 Å². The van der Waals surface area contributed by atoms with Crippen molar-refractivity contribution in [3.63, 3.8) is 0 Å². The number of anilines is 1. The molecule has 1 heterocycles. The topological polar surface area (TPSA) is 107 Å². The van der Waals surface area contributed by atoms with E-state index in [1.54, 1.807) is 7.11 Å². The van der Waals surface area contributed by atoms with Crippen LogP contribution in [-0.4, -0.2) is 19.0 Å². The first-order chi connectivity index (χ1) is 11.3. The highest BCUT2D eigenvalue weighted by molar-refractivity contribution is 7.20. The summed E-state index contributed by atoms with van der Waals surface area (Å²) < 4.78 is 5.43. The Morgan fingerprint density at radius 2 is 2.04 bits per heavy atom. The number of amides is 3. The normalized spacial score (nSPS) is 15.4. The van der Waals surface area contributed by atoms with Crippen LogP contribution in [0.2, 0.25) is 0 Å². The lowest BCUT2D eigenvalue weighted by Crippen LogP contribution is -2.22. The highest BCUT2D eigenvalue weighted by Gasteiger charge is 2.32. The first-order valence-corrected chi connectivity index (χ1v) is 8.36. The van der Waals surface area contributed by atoms with Crippen LogP contribution in [0.5, 0.6) is 5.75 Å². The zero-order valence-electron chi connectivity index (χ0n) is 13.7. The van der Waals surface area contributed by atoms with Crippen molar-refractivity contribution in [2.24, 2.45) is 11.5 Å². The van der Waals surface area contributed by atoms with Crippen molar-refractivity contribution in [3.8, 4) is 16.2 Å². The van der Waals surface area contributed by atoms with Gasteiger partial charge in [-0.25, -0.2) is 4.79 Å². The summed E-state index contributed by atoms with van der Waals surface area (Å²) in [6.45, 7) is 4.05. The Morgan fingerprint density at radius 3 is 2.62 bits per heavy atom. The number of urea groups is 1. The molecule has 2 aromatic rings. The SMILES string of the molecule is COc1cc2c(cc1C)CC(C)c1c-2sc(NC(N)=O)c1C(N)=O. The number of carbonyl (C=O) groups is 2. The number of primary amides is 2. The van der Waals surface area contributed by atoms with Crippen molar-refractivity contribution in [3.05, 3.63) is 34.4 Å². The fraction of sp³-hybridized carbons (Fsp3) is 0.294. The molecule has 0 radical (unpaired) electrons. The van der Waals surface area contributed by atoms with E-state index >= 15 is 0 Å². The second-order valence-electron chi connectivity index (χ2n) is 5.99. The number of nitrogens with two attached hydrogens (primary N) is 2. The second-order valence-corrected chi connectivity index (χ2v) is 7.01. The third-order valence-electron chi connectivity index (χ3n) is 4.31. The molecule has 1 aromatic carbocycles. The van der Waals surface area contributed by atoms with Crippen molar-refractivity contribution < 1.29 is 14.3 Å². The molecule has 126 valence electrons. The molecule has 0 saturated carbocycles. The molecule has 0 fully saturated rings. The second kappa shape index (κ2) is 5.83. The number of ether oxygens (including phenoxy) is 1. The average Bonchev–Trinajstić information content (AvgIpc) is 2.86. The van der Waals surface area contributed by atoms with E-state index in [0.29, 0.717) is 10.6 Å². The summed E-state index contributed by atoms with van der Waals surface area (Å²) in [4.78, 5) is 24.2. The minimum atomic E-state index is -0.717. The minimum Gasteiger partial charge on any atom is -0.496 e. The van der Waals surface area contributed by atoms with E-state index in [-0.39, 0.29) is 5.92 Å². The Labute approximate surface area is 143 Å². The van der Waals surface area contributed by atoms with Crippen molar-refractivity contribution in [1.82, 2.24) is 0 Å². The molecule has 5 N–H and O–H groups in total. The summed E-state index contributed by atoms with van der Waals surface area (Å²) >= 11 is 1.32. The van der Waals surface area contributed by atoms with E-state index in [0.717, 1.165) is 33.7 Å². The van der Waals surface area contributed by atoms with Crippen LogP contribution in [0, 0.1) is 6.92 Å². The predicted molar refractivity (Wildman–Crippen MR) is 94.9 cm³/mol. The van der Waals surface area contributed by atoms with Crippen LogP contribution >= 0.6 is 11.3 Å². The standard InChI is InChI=1S/C17H19N3O3S/c1-7-4-9-5-8(2)12-13(15(18)21)16(20-17(19)22)24-14(12)10(9)6-11(7)23-3/h4,6,8H,5H2,1-3H3,(H2,18,21)(H3,19,20,22). The number of hydrogen-bond acceptors (Lipinski definition) is 4. The van der Waals surface area contributed by atoms with Gasteiger partial charge in [0.2, 0.25) is 0 Å². The Balaban J connectivity index is 2.28. The largest absolute Gasteiger partial charge is 0.496 e. The van der Waals surface area contributed by atoms with Gasteiger partial charge < -0.3 is 16.2 Å². The highest BCUT2D eigenvalue weighted by Crippen LogP contribution is 2.50. The molecule has 7 heteroatoms. The fourth-order valence-electron chi connectivity index (χ4n) is 3.34. The maximum absolute atomic E-state index is 12.0. The summed E-state index contributed by atoms with van der Waals surface area (Å²) in [7, 11) is 1.63. The van der Waals surface area contributed by atoms with Crippen molar-refractivity contribution in [1.29, 1.82) is 0 Å². The molecule has 1 aliphatic rings. The third kappa shape index (κ3) is 2.50. The van der Waals surface area contributed by atoms with Gasteiger partial charge in [0.05, 0.1) is 12.7 Å². The van der Waals surface area contributed by atoms with Gasteiger partial charge in [-0.3, -0.25) is 10.1 Å². The number of fused-ring (bicyclic) bond motifs is 3. The number of carbonyl (C=O) groups excluding carboxylic acids is 2. The van der Waals surface area contributed by atoms with Crippen molar-refractivity contribution in [2.45, 2.75) is 26.2 Å². The van der Waals surface area contributed by atoms with E-state index in [1.165, 1.54) is 16.9 Å². The van der Waals surface area contributed by atoms with Crippen molar-refractivity contribution >= 4 is 28.3 Å². The molecule has 0 aliphatic heterocycles. The summed E-state index contributed by atoms with van der Waals surface area (Å²) in [5.74, 6) is 0.334. The van der Waals surface area contributed by atoms with Crippen LogP contribution in [0.4, 0.5) is 9.80 Å². The monoisotopic (exact) mass is 345 g/mol. The third-order valence-corrected chi connectivity index (χ3v) is 5.47. The van der Waals surface area contributed by atoms with E-state index in [9.17, 15) is 9.59 Å². The summed E-state index contributed by atoms with van der Waals surface area (Å²) in [5, 5.41) is 2.93.